The molecule has 0 heterocycles. The van der Waals surface area contributed by atoms with Gasteiger partial charge in [0.15, 0.2) is 11.5 Å². The maximum absolute atomic E-state index is 9.50. The van der Waals surface area contributed by atoms with E-state index in [1.165, 1.54) is 14.2 Å². The Morgan fingerprint density at radius 1 is 1.43 bits per heavy atom. The number of phenols is 1. The Morgan fingerprint density at radius 3 is 2.71 bits per heavy atom. The van der Waals surface area contributed by atoms with E-state index in [2.05, 4.69) is 21.4 Å². The topological polar surface area (TPSA) is 50.7 Å². The van der Waals surface area contributed by atoms with Crippen LogP contribution in [0.15, 0.2) is 16.6 Å². The molecular formula is C9H12BrNO3. The molecule has 14 heavy (non-hydrogen) atoms. The molecule has 0 saturated carbocycles. The van der Waals surface area contributed by atoms with Crippen molar-refractivity contribution in [1.82, 2.24) is 5.48 Å². The number of phenolic OH excluding ortho intramolecular Hbond substituents is 1. The molecule has 0 saturated heterocycles. The fraction of sp³-hybridized carbons (Fsp3) is 0.333. The van der Waals surface area contributed by atoms with Crippen molar-refractivity contribution in [3.63, 3.8) is 0 Å². The van der Waals surface area contributed by atoms with E-state index in [-0.39, 0.29) is 5.75 Å². The molecule has 1 rings (SSSR count). The number of hydrogen-bond donors (Lipinski definition) is 2. The molecular weight excluding hydrogens is 250 g/mol. The zero-order valence-corrected chi connectivity index (χ0v) is 9.59. The average molecular weight is 262 g/mol. The van der Waals surface area contributed by atoms with Crippen molar-refractivity contribution in [3.05, 3.63) is 22.2 Å². The first kappa shape index (κ1) is 11.3. The molecule has 0 spiro atoms. The number of rotatable bonds is 4. The van der Waals surface area contributed by atoms with Crippen molar-refractivity contribution in [2.75, 3.05) is 14.2 Å². The largest absolute Gasteiger partial charge is 0.504 e. The zero-order valence-electron chi connectivity index (χ0n) is 8.00. The average Bonchev–Trinajstić information content (AvgIpc) is 2.19. The molecule has 0 aliphatic rings. The van der Waals surface area contributed by atoms with E-state index in [1.807, 2.05) is 0 Å². The van der Waals surface area contributed by atoms with Crippen LogP contribution >= 0.6 is 15.9 Å². The number of halogens is 1. The molecule has 4 nitrogen and oxygen atoms in total. The van der Waals surface area contributed by atoms with Crippen molar-refractivity contribution in [2.24, 2.45) is 0 Å². The summed E-state index contributed by atoms with van der Waals surface area (Å²) in [4.78, 5) is 4.73. The smallest absolute Gasteiger partial charge is 0.166 e. The fourth-order valence-corrected chi connectivity index (χ4v) is 1.58. The molecule has 0 unspecified atom stereocenters. The third-order valence-corrected chi connectivity index (χ3v) is 2.52. The van der Waals surface area contributed by atoms with Crippen LogP contribution in [0, 0.1) is 0 Å². The highest BCUT2D eigenvalue weighted by Gasteiger charge is 2.11. The van der Waals surface area contributed by atoms with E-state index < -0.39 is 0 Å². The van der Waals surface area contributed by atoms with Crippen LogP contribution in [0.5, 0.6) is 11.5 Å². The molecule has 0 radical (unpaired) electrons. The van der Waals surface area contributed by atoms with Gasteiger partial charge in [0.1, 0.15) is 0 Å². The van der Waals surface area contributed by atoms with E-state index in [9.17, 15) is 5.11 Å². The van der Waals surface area contributed by atoms with Gasteiger partial charge in [-0.15, -0.1) is 0 Å². The Hall–Kier alpha value is -0.780. The molecule has 78 valence electrons. The predicted molar refractivity (Wildman–Crippen MR) is 56.2 cm³/mol. The monoisotopic (exact) mass is 261 g/mol. The molecule has 5 heteroatoms. The maximum Gasteiger partial charge on any atom is 0.166 e. The van der Waals surface area contributed by atoms with Crippen LogP contribution in [-0.2, 0) is 11.4 Å². The lowest BCUT2D eigenvalue weighted by Gasteiger charge is -2.12. The Labute approximate surface area is 90.9 Å². The van der Waals surface area contributed by atoms with Gasteiger partial charge in [0.05, 0.1) is 20.8 Å². The lowest BCUT2D eigenvalue weighted by molar-refractivity contribution is 0.0859. The lowest BCUT2D eigenvalue weighted by atomic mass is 10.2. The van der Waals surface area contributed by atoms with Gasteiger partial charge >= 0.3 is 0 Å². The van der Waals surface area contributed by atoms with Gasteiger partial charge in [-0.2, -0.15) is 5.48 Å². The molecule has 2 N–H and O–H groups in total. The number of ether oxygens (including phenoxy) is 1. The second-order valence-corrected chi connectivity index (χ2v) is 3.46. The lowest BCUT2D eigenvalue weighted by Crippen LogP contribution is -2.12. The molecule has 0 fully saturated rings. The standard InChI is InChI=1S/C9H12BrNO3/c1-13-9-6(5-11-14-2)7(10)3-4-8(9)12/h3-4,11-12H,5H2,1-2H3. The van der Waals surface area contributed by atoms with Crippen molar-refractivity contribution >= 4 is 15.9 Å². The van der Waals surface area contributed by atoms with Crippen LogP contribution in [0.4, 0.5) is 0 Å². The van der Waals surface area contributed by atoms with Crippen LogP contribution in [-0.4, -0.2) is 19.3 Å². The van der Waals surface area contributed by atoms with Crippen molar-refractivity contribution in [1.29, 1.82) is 0 Å². The van der Waals surface area contributed by atoms with Crippen LogP contribution in [0.25, 0.3) is 0 Å². The van der Waals surface area contributed by atoms with E-state index in [1.54, 1.807) is 12.1 Å². The summed E-state index contributed by atoms with van der Waals surface area (Å²) in [6.07, 6.45) is 0. The van der Waals surface area contributed by atoms with Gasteiger partial charge in [-0.3, -0.25) is 0 Å². The van der Waals surface area contributed by atoms with E-state index in [4.69, 9.17) is 9.57 Å². The van der Waals surface area contributed by atoms with Crippen LogP contribution in [0.3, 0.4) is 0 Å². The predicted octanol–water partition coefficient (Wildman–Crippen LogP) is 1.81. The molecule has 0 aromatic heterocycles. The van der Waals surface area contributed by atoms with E-state index in [0.717, 1.165) is 10.0 Å². The summed E-state index contributed by atoms with van der Waals surface area (Å²) in [7, 11) is 3.04. The highest BCUT2D eigenvalue weighted by molar-refractivity contribution is 9.10. The first-order valence-electron chi connectivity index (χ1n) is 4.01. The van der Waals surface area contributed by atoms with E-state index >= 15 is 0 Å². The number of nitrogens with one attached hydrogen (secondary N) is 1. The first-order valence-corrected chi connectivity index (χ1v) is 4.80. The minimum Gasteiger partial charge on any atom is -0.504 e. The van der Waals surface area contributed by atoms with Gasteiger partial charge in [0.25, 0.3) is 0 Å². The Morgan fingerprint density at radius 2 is 2.14 bits per heavy atom. The maximum atomic E-state index is 9.50. The minimum absolute atomic E-state index is 0.114. The van der Waals surface area contributed by atoms with Gasteiger partial charge in [0, 0.05) is 10.0 Å². The third-order valence-electron chi connectivity index (χ3n) is 1.78. The summed E-state index contributed by atoms with van der Waals surface area (Å²) in [5.41, 5.74) is 3.50. The minimum atomic E-state index is 0.114. The summed E-state index contributed by atoms with van der Waals surface area (Å²) < 4.78 is 5.94. The quantitative estimate of drug-likeness (QED) is 0.812. The number of aromatic hydroxyl groups is 1. The first-order chi connectivity index (χ1) is 6.70. The van der Waals surface area contributed by atoms with Crippen LogP contribution < -0.4 is 10.2 Å². The van der Waals surface area contributed by atoms with Crippen molar-refractivity contribution in [2.45, 2.75) is 6.54 Å². The summed E-state index contributed by atoms with van der Waals surface area (Å²) in [6, 6.07) is 3.32. The number of hydroxylamine groups is 1. The molecule has 0 aliphatic heterocycles. The van der Waals surface area contributed by atoms with Crippen molar-refractivity contribution in [3.8, 4) is 11.5 Å². The number of hydrogen-bond acceptors (Lipinski definition) is 4. The second-order valence-electron chi connectivity index (χ2n) is 2.60. The fourth-order valence-electron chi connectivity index (χ4n) is 1.13. The summed E-state index contributed by atoms with van der Waals surface area (Å²) in [5, 5.41) is 9.50. The molecule has 0 atom stereocenters. The van der Waals surface area contributed by atoms with Gasteiger partial charge in [-0.25, -0.2) is 0 Å². The third kappa shape index (κ3) is 2.37. The van der Waals surface area contributed by atoms with Gasteiger partial charge in [-0.05, 0) is 12.1 Å². The number of benzene rings is 1. The van der Waals surface area contributed by atoms with Crippen LogP contribution in [0.1, 0.15) is 5.56 Å². The van der Waals surface area contributed by atoms with Gasteiger partial charge in [0.2, 0.25) is 0 Å². The number of methoxy groups -OCH3 is 1. The highest BCUT2D eigenvalue weighted by atomic mass is 79.9. The summed E-state index contributed by atoms with van der Waals surface area (Å²) in [5.74, 6) is 0.563. The molecule has 1 aromatic carbocycles. The highest BCUT2D eigenvalue weighted by Crippen LogP contribution is 2.34. The normalized spacial score (nSPS) is 10.2. The SMILES string of the molecule is CONCc1c(Br)ccc(O)c1OC. The summed E-state index contributed by atoms with van der Waals surface area (Å²) >= 11 is 3.37. The Balaban J connectivity index is 3.03. The molecule has 0 bridgehead atoms. The zero-order chi connectivity index (χ0) is 10.6. The van der Waals surface area contributed by atoms with E-state index in [0.29, 0.717) is 12.3 Å². The molecule has 0 amide bonds. The van der Waals surface area contributed by atoms with Gasteiger partial charge < -0.3 is 14.7 Å². The molecule has 1 aromatic rings. The second kappa shape index (κ2) is 5.19. The Kier molecular flexibility index (Phi) is 4.19. The summed E-state index contributed by atoms with van der Waals surface area (Å²) in [6.45, 7) is 0.453. The molecule has 0 aliphatic carbocycles. The Bertz CT molecular complexity index is 317. The van der Waals surface area contributed by atoms with Crippen LogP contribution in [0.2, 0.25) is 0 Å². The van der Waals surface area contributed by atoms with Crippen molar-refractivity contribution < 1.29 is 14.7 Å². The van der Waals surface area contributed by atoms with Gasteiger partial charge in [-0.1, -0.05) is 15.9 Å².